The van der Waals surface area contributed by atoms with Crippen molar-refractivity contribution in [3.63, 3.8) is 0 Å². The third-order valence-corrected chi connectivity index (χ3v) is 4.12. The van der Waals surface area contributed by atoms with Crippen molar-refractivity contribution in [2.45, 2.75) is 20.3 Å². The van der Waals surface area contributed by atoms with E-state index in [0.717, 1.165) is 32.7 Å². The van der Waals surface area contributed by atoms with E-state index in [4.69, 9.17) is 4.74 Å². The zero-order valence-corrected chi connectivity index (χ0v) is 17.5. The number of hydrogen-bond donors (Lipinski definition) is 3. The maximum atomic E-state index is 13.6. The van der Waals surface area contributed by atoms with Gasteiger partial charge in [-0.15, -0.1) is 0 Å². The van der Waals surface area contributed by atoms with E-state index in [1.807, 2.05) is 6.92 Å². The highest BCUT2D eigenvalue weighted by atomic mass is 19.1. The second-order valence-corrected chi connectivity index (χ2v) is 6.56. The predicted octanol–water partition coefficient (Wildman–Crippen LogP) is 1.39. The van der Waals surface area contributed by atoms with Crippen molar-refractivity contribution in [1.29, 1.82) is 0 Å². The van der Waals surface area contributed by atoms with Gasteiger partial charge in [-0.05, 0) is 45.0 Å². The Morgan fingerprint density at radius 1 is 1.21 bits per heavy atom. The molecule has 0 unspecified atom stereocenters. The van der Waals surface area contributed by atoms with Gasteiger partial charge in [-0.1, -0.05) is 6.07 Å². The standard InChI is InChI=1S/C20H34FN5O2/c1-5-22-20(25-11-13-26(3)12-6-14-28-4)24-10-9-23-19(27)17-8-7-16(2)18(21)15-17/h7-8,15H,5-6,9-14H2,1-4H3,(H,23,27)(H2,22,24,25). The highest BCUT2D eigenvalue weighted by molar-refractivity contribution is 5.94. The maximum absolute atomic E-state index is 13.6. The summed E-state index contributed by atoms with van der Waals surface area (Å²) in [6.45, 7) is 8.62. The Labute approximate surface area is 167 Å². The summed E-state index contributed by atoms with van der Waals surface area (Å²) in [6.07, 6.45) is 1.000. The zero-order chi connectivity index (χ0) is 20.8. The first-order valence-electron chi connectivity index (χ1n) is 9.72. The fourth-order valence-electron chi connectivity index (χ4n) is 2.46. The van der Waals surface area contributed by atoms with Crippen LogP contribution < -0.4 is 16.0 Å². The van der Waals surface area contributed by atoms with E-state index in [0.29, 0.717) is 36.7 Å². The number of nitrogens with one attached hydrogen (secondary N) is 3. The number of rotatable bonds is 12. The Morgan fingerprint density at radius 3 is 2.64 bits per heavy atom. The van der Waals surface area contributed by atoms with Gasteiger partial charge >= 0.3 is 0 Å². The minimum absolute atomic E-state index is 0.291. The van der Waals surface area contributed by atoms with Crippen molar-refractivity contribution < 1.29 is 13.9 Å². The molecule has 28 heavy (non-hydrogen) atoms. The number of benzene rings is 1. The summed E-state index contributed by atoms with van der Waals surface area (Å²) in [5, 5.41) is 9.14. The van der Waals surface area contributed by atoms with Gasteiger partial charge in [0.15, 0.2) is 5.96 Å². The van der Waals surface area contributed by atoms with Gasteiger partial charge in [-0.3, -0.25) is 9.79 Å². The maximum Gasteiger partial charge on any atom is 0.251 e. The second-order valence-electron chi connectivity index (χ2n) is 6.56. The predicted molar refractivity (Wildman–Crippen MR) is 111 cm³/mol. The number of ether oxygens (including phenoxy) is 1. The first kappa shape index (κ1) is 23.8. The smallest absolute Gasteiger partial charge is 0.251 e. The molecular weight excluding hydrogens is 361 g/mol. The van der Waals surface area contributed by atoms with Gasteiger partial charge in [0.1, 0.15) is 5.82 Å². The third kappa shape index (κ3) is 9.66. The fourth-order valence-corrected chi connectivity index (χ4v) is 2.46. The average Bonchev–Trinajstić information content (AvgIpc) is 2.67. The van der Waals surface area contributed by atoms with Crippen molar-refractivity contribution in [3.05, 3.63) is 35.1 Å². The van der Waals surface area contributed by atoms with Crippen LogP contribution in [0.2, 0.25) is 0 Å². The molecule has 0 radical (unpaired) electrons. The lowest BCUT2D eigenvalue weighted by atomic mass is 10.1. The number of aryl methyl sites for hydroxylation is 1. The largest absolute Gasteiger partial charge is 0.385 e. The van der Waals surface area contributed by atoms with Gasteiger partial charge in [-0.25, -0.2) is 4.39 Å². The number of likely N-dealkylation sites (N-methyl/N-ethyl adjacent to an activating group) is 1. The molecule has 0 aromatic heterocycles. The van der Waals surface area contributed by atoms with E-state index in [1.54, 1.807) is 26.2 Å². The Balaban J connectivity index is 2.33. The Hall–Kier alpha value is -2.19. The summed E-state index contributed by atoms with van der Waals surface area (Å²) in [5.41, 5.74) is 0.842. The van der Waals surface area contributed by atoms with Crippen LogP contribution in [0.1, 0.15) is 29.3 Å². The van der Waals surface area contributed by atoms with Crippen LogP contribution in [0.15, 0.2) is 23.2 Å². The van der Waals surface area contributed by atoms with Gasteiger partial charge in [0.2, 0.25) is 0 Å². The van der Waals surface area contributed by atoms with Gasteiger partial charge in [0.05, 0.1) is 6.54 Å². The molecule has 8 heteroatoms. The van der Waals surface area contributed by atoms with Crippen molar-refractivity contribution in [2.75, 3.05) is 60.0 Å². The van der Waals surface area contributed by atoms with Crippen LogP contribution in [-0.4, -0.2) is 76.8 Å². The SMILES string of the molecule is CCNC(=NCCN(C)CCCOC)NCCNC(=O)c1ccc(C)c(F)c1. The molecule has 1 aromatic rings. The van der Waals surface area contributed by atoms with Crippen molar-refractivity contribution >= 4 is 11.9 Å². The summed E-state index contributed by atoms with van der Waals surface area (Å²) in [4.78, 5) is 18.8. The monoisotopic (exact) mass is 395 g/mol. The summed E-state index contributed by atoms with van der Waals surface area (Å²) >= 11 is 0. The molecule has 0 bridgehead atoms. The number of nitrogens with zero attached hydrogens (tertiary/aromatic N) is 2. The third-order valence-electron chi connectivity index (χ3n) is 4.12. The number of aliphatic imine (C=N–C) groups is 1. The topological polar surface area (TPSA) is 78.0 Å². The Bertz CT molecular complexity index is 625. The molecule has 0 aliphatic carbocycles. The number of halogens is 1. The minimum atomic E-state index is -0.375. The van der Waals surface area contributed by atoms with E-state index < -0.39 is 0 Å². The molecule has 1 amide bonds. The summed E-state index contributed by atoms with van der Waals surface area (Å²) in [5.74, 6) is 0.0447. The van der Waals surface area contributed by atoms with Crippen LogP contribution in [0.5, 0.6) is 0 Å². The lowest BCUT2D eigenvalue weighted by Gasteiger charge is -2.16. The van der Waals surface area contributed by atoms with Crippen LogP contribution >= 0.6 is 0 Å². The molecule has 1 rings (SSSR count). The molecule has 3 N–H and O–H groups in total. The normalized spacial score (nSPS) is 11.6. The van der Waals surface area contributed by atoms with Crippen molar-refractivity contribution in [2.24, 2.45) is 4.99 Å². The molecule has 7 nitrogen and oxygen atoms in total. The van der Waals surface area contributed by atoms with Gasteiger partial charge in [0.25, 0.3) is 5.91 Å². The number of carbonyl (C=O) groups is 1. The van der Waals surface area contributed by atoms with Gasteiger partial charge in [0, 0.05) is 52.0 Å². The molecule has 0 aliphatic rings. The quantitative estimate of drug-likeness (QED) is 0.283. The molecule has 0 saturated carbocycles. The lowest BCUT2D eigenvalue weighted by Crippen LogP contribution is -2.42. The van der Waals surface area contributed by atoms with Crippen LogP contribution in [0.4, 0.5) is 4.39 Å². The molecule has 0 atom stereocenters. The van der Waals surface area contributed by atoms with Crippen molar-refractivity contribution in [3.8, 4) is 0 Å². The summed E-state index contributed by atoms with van der Waals surface area (Å²) in [6, 6.07) is 4.48. The molecule has 158 valence electrons. The Kier molecular flexibility index (Phi) is 11.8. The van der Waals surface area contributed by atoms with Crippen molar-refractivity contribution in [1.82, 2.24) is 20.9 Å². The molecule has 0 fully saturated rings. The van der Waals surface area contributed by atoms with Crippen LogP contribution in [0.3, 0.4) is 0 Å². The van der Waals surface area contributed by atoms with E-state index in [1.165, 1.54) is 6.07 Å². The van der Waals surface area contributed by atoms with Crippen LogP contribution in [0.25, 0.3) is 0 Å². The van der Waals surface area contributed by atoms with E-state index >= 15 is 0 Å². The summed E-state index contributed by atoms with van der Waals surface area (Å²) < 4.78 is 18.6. The second kappa shape index (κ2) is 13.9. The highest BCUT2D eigenvalue weighted by Crippen LogP contribution is 2.08. The first-order chi connectivity index (χ1) is 13.5. The Morgan fingerprint density at radius 2 is 1.96 bits per heavy atom. The molecule has 0 spiro atoms. The molecule has 0 heterocycles. The number of hydrogen-bond acceptors (Lipinski definition) is 4. The first-order valence-corrected chi connectivity index (χ1v) is 9.72. The highest BCUT2D eigenvalue weighted by Gasteiger charge is 2.07. The zero-order valence-electron chi connectivity index (χ0n) is 17.5. The van der Waals surface area contributed by atoms with E-state index in [9.17, 15) is 9.18 Å². The van der Waals surface area contributed by atoms with Gasteiger partial charge < -0.3 is 25.6 Å². The molecule has 0 saturated heterocycles. The van der Waals surface area contributed by atoms with E-state index in [-0.39, 0.29) is 11.7 Å². The van der Waals surface area contributed by atoms with Crippen LogP contribution in [0, 0.1) is 12.7 Å². The molecule has 1 aromatic carbocycles. The fraction of sp³-hybridized carbons (Fsp3) is 0.600. The average molecular weight is 396 g/mol. The van der Waals surface area contributed by atoms with Crippen LogP contribution in [-0.2, 0) is 4.74 Å². The number of carbonyl (C=O) groups excluding carboxylic acids is 1. The molecule has 0 aliphatic heterocycles. The number of methoxy groups -OCH3 is 1. The number of amides is 1. The summed E-state index contributed by atoms with van der Waals surface area (Å²) in [7, 11) is 3.77. The van der Waals surface area contributed by atoms with E-state index in [2.05, 4.69) is 32.9 Å². The van der Waals surface area contributed by atoms with Gasteiger partial charge in [-0.2, -0.15) is 0 Å². The number of guanidine groups is 1. The lowest BCUT2D eigenvalue weighted by molar-refractivity contribution is 0.0954. The molecular formula is C20H34FN5O2. The minimum Gasteiger partial charge on any atom is -0.385 e.